The van der Waals surface area contributed by atoms with E-state index < -0.39 is 0 Å². The van der Waals surface area contributed by atoms with Crippen LogP contribution in [0.1, 0.15) is 34.0 Å². The van der Waals surface area contributed by atoms with Gasteiger partial charge in [-0.1, -0.05) is 30.0 Å². The van der Waals surface area contributed by atoms with Crippen molar-refractivity contribution >= 4 is 44.2 Å². The number of para-hydroxylation sites is 1. The Morgan fingerprint density at radius 1 is 1.09 bits per heavy atom. The Bertz CT molecular complexity index is 1720. The van der Waals surface area contributed by atoms with E-state index in [0.717, 1.165) is 20.8 Å². The van der Waals surface area contributed by atoms with Crippen LogP contribution in [0.2, 0.25) is 0 Å². The van der Waals surface area contributed by atoms with Gasteiger partial charge in [0.05, 0.1) is 34.3 Å². The molecule has 0 spiro atoms. The Kier molecular flexibility index (Phi) is 5.98. The second-order valence-corrected chi connectivity index (χ2v) is 10.9. The minimum absolute atomic E-state index is 0.150. The number of aryl methyl sites for hydroxylation is 3. The Balaban J connectivity index is 1.69. The summed E-state index contributed by atoms with van der Waals surface area (Å²) in [6, 6.07) is 13.0. The first-order valence-electron chi connectivity index (χ1n) is 11.1. The van der Waals surface area contributed by atoms with Crippen molar-refractivity contribution in [2.45, 2.75) is 38.1 Å². The number of hydrogen-bond acceptors (Lipinski definition) is 7. The molecule has 7 nitrogen and oxygen atoms in total. The zero-order chi connectivity index (χ0) is 24.9. The van der Waals surface area contributed by atoms with Crippen molar-refractivity contribution in [2.24, 2.45) is 0 Å². The first-order valence-corrected chi connectivity index (χ1v) is 12.8. The molecule has 9 heteroatoms. The minimum atomic E-state index is -0.273. The molecule has 0 aliphatic carbocycles. The summed E-state index contributed by atoms with van der Waals surface area (Å²) >= 11 is 2.88. The number of aromatic nitrogens is 4. The molecule has 0 saturated heterocycles. The van der Waals surface area contributed by atoms with Gasteiger partial charge in [0, 0.05) is 4.88 Å². The summed E-state index contributed by atoms with van der Waals surface area (Å²) in [7, 11) is 1.58. The predicted molar refractivity (Wildman–Crippen MR) is 143 cm³/mol. The standard InChI is InChI=1S/C26H24N4O3S2/c1-13-10-11-20(33-5)19(12-13)30-25(32)17-8-6-7-9-18(17)27-26(30)35-16(4)22-28-23(31)21-14(2)15(3)34-24(21)29-22/h6-12,16H,1-5H3,(H,28,29,31)/t16-/m0/s1. The highest BCUT2D eigenvalue weighted by atomic mass is 32.2. The van der Waals surface area contributed by atoms with Crippen LogP contribution in [0, 0.1) is 20.8 Å². The van der Waals surface area contributed by atoms with Crippen molar-refractivity contribution in [1.82, 2.24) is 19.5 Å². The fourth-order valence-corrected chi connectivity index (χ4v) is 6.07. The predicted octanol–water partition coefficient (Wildman–Crippen LogP) is 5.47. The zero-order valence-corrected chi connectivity index (χ0v) is 21.6. The molecule has 0 saturated carbocycles. The van der Waals surface area contributed by atoms with Crippen molar-refractivity contribution < 1.29 is 4.74 Å². The maximum Gasteiger partial charge on any atom is 0.266 e. The Morgan fingerprint density at radius 2 is 1.86 bits per heavy atom. The molecule has 2 aromatic carbocycles. The molecule has 3 aromatic heterocycles. The number of H-pyrrole nitrogens is 1. The molecular formula is C26H24N4O3S2. The summed E-state index contributed by atoms with van der Waals surface area (Å²) in [4.78, 5) is 40.9. The second-order valence-electron chi connectivity index (χ2n) is 8.40. The van der Waals surface area contributed by atoms with Gasteiger partial charge in [-0.2, -0.15) is 0 Å². The number of methoxy groups -OCH3 is 1. The summed E-state index contributed by atoms with van der Waals surface area (Å²) in [6.07, 6.45) is 0. The Morgan fingerprint density at radius 3 is 2.63 bits per heavy atom. The number of fused-ring (bicyclic) bond motifs is 2. The third-order valence-corrected chi connectivity index (χ3v) is 8.21. The van der Waals surface area contributed by atoms with E-state index in [4.69, 9.17) is 14.7 Å². The average Bonchev–Trinajstić information content (AvgIpc) is 3.13. The van der Waals surface area contributed by atoms with E-state index in [0.29, 0.717) is 38.7 Å². The quantitative estimate of drug-likeness (QED) is 0.252. The number of aromatic amines is 1. The Hall–Kier alpha value is -3.43. The normalized spacial score (nSPS) is 12.4. The SMILES string of the molecule is COc1ccc(C)cc1-n1c(S[C@@H](C)c2nc3sc(C)c(C)c3c(=O)[nH]2)nc2ccccc2c1=O. The second kappa shape index (κ2) is 8.98. The van der Waals surface area contributed by atoms with E-state index in [9.17, 15) is 9.59 Å². The van der Waals surface area contributed by atoms with Gasteiger partial charge in [-0.05, 0) is 63.1 Å². The Labute approximate surface area is 209 Å². The molecule has 0 aliphatic rings. The molecule has 5 aromatic rings. The van der Waals surface area contributed by atoms with Gasteiger partial charge in [0.1, 0.15) is 16.4 Å². The monoisotopic (exact) mass is 504 g/mol. The largest absolute Gasteiger partial charge is 0.495 e. The van der Waals surface area contributed by atoms with Crippen molar-refractivity contribution in [3.63, 3.8) is 0 Å². The maximum atomic E-state index is 13.7. The van der Waals surface area contributed by atoms with E-state index in [1.54, 1.807) is 17.7 Å². The zero-order valence-electron chi connectivity index (χ0n) is 20.0. The van der Waals surface area contributed by atoms with Gasteiger partial charge in [0.2, 0.25) is 0 Å². The van der Waals surface area contributed by atoms with Gasteiger partial charge in [-0.15, -0.1) is 11.3 Å². The number of rotatable bonds is 5. The first-order chi connectivity index (χ1) is 16.8. The summed E-state index contributed by atoms with van der Waals surface area (Å²) < 4.78 is 7.18. The number of benzene rings is 2. The number of thioether (sulfide) groups is 1. The smallest absolute Gasteiger partial charge is 0.266 e. The van der Waals surface area contributed by atoms with E-state index >= 15 is 0 Å². The number of nitrogens with zero attached hydrogens (tertiary/aromatic N) is 3. The molecule has 1 N–H and O–H groups in total. The van der Waals surface area contributed by atoms with Crippen LogP contribution in [0.25, 0.3) is 26.8 Å². The lowest BCUT2D eigenvalue weighted by Gasteiger charge is -2.18. The van der Waals surface area contributed by atoms with Crippen LogP contribution in [0.3, 0.4) is 0 Å². The maximum absolute atomic E-state index is 13.7. The highest BCUT2D eigenvalue weighted by molar-refractivity contribution is 7.99. The minimum Gasteiger partial charge on any atom is -0.495 e. The molecule has 0 unspecified atom stereocenters. The molecule has 3 heterocycles. The van der Waals surface area contributed by atoms with E-state index in [1.165, 1.54) is 23.1 Å². The average molecular weight is 505 g/mol. The summed E-state index contributed by atoms with van der Waals surface area (Å²) in [6.45, 7) is 7.84. The van der Waals surface area contributed by atoms with Crippen LogP contribution in [0.15, 0.2) is 57.2 Å². The topological polar surface area (TPSA) is 89.9 Å². The van der Waals surface area contributed by atoms with E-state index in [1.807, 2.05) is 64.1 Å². The number of ether oxygens (including phenoxy) is 1. The molecule has 1 atom stereocenters. The molecule has 0 aliphatic heterocycles. The van der Waals surface area contributed by atoms with Crippen molar-refractivity contribution in [3.8, 4) is 11.4 Å². The lowest BCUT2D eigenvalue weighted by molar-refractivity contribution is 0.411. The van der Waals surface area contributed by atoms with Crippen LogP contribution < -0.4 is 15.9 Å². The molecule has 0 fully saturated rings. The molecular weight excluding hydrogens is 480 g/mol. The van der Waals surface area contributed by atoms with Crippen LogP contribution in [-0.4, -0.2) is 26.6 Å². The summed E-state index contributed by atoms with van der Waals surface area (Å²) in [5.41, 5.74) is 2.84. The third kappa shape index (κ3) is 4.04. The van der Waals surface area contributed by atoms with Gasteiger partial charge >= 0.3 is 0 Å². The van der Waals surface area contributed by atoms with Crippen LogP contribution in [0.4, 0.5) is 0 Å². The number of nitrogens with one attached hydrogen (secondary N) is 1. The molecule has 5 rings (SSSR count). The van der Waals surface area contributed by atoms with Gasteiger partial charge < -0.3 is 9.72 Å². The lowest BCUT2D eigenvalue weighted by Crippen LogP contribution is -2.23. The third-order valence-electron chi connectivity index (χ3n) is 6.04. The van der Waals surface area contributed by atoms with Crippen LogP contribution >= 0.6 is 23.1 Å². The van der Waals surface area contributed by atoms with Crippen LogP contribution in [-0.2, 0) is 0 Å². The summed E-state index contributed by atoms with van der Waals surface area (Å²) in [5, 5.41) is 1.38. The van der Waals surface area contributed by atoms with Gasteiger partial charge in [-0.3, -0.25) is 14.2 Å². The molecule has 178 valence electrons. The number of hydrogen-bond donors (Lipinski definition) is 1. The first kappa shape index (κ1) is 23.3. The van der Waals surface area contributed by atoms with Gasteiger partial charge in [0.15, 0.2) is 5.16 Å². The van der Waals surface area contributed by atoms with E-state index in [-0.39, 0.29) is 16.4 Å². The number of thiophene rings is 1. The summed E-state index contributed by atoms with van der Waals surface area (Å²) in [5.74, 6) is 1.11. The van der Waals surface area contributed by atoms with E-state index in [2.05, 4.69) is 4.98 Å². The van der Waals surface area contributed by atoms with Gasteiger partial charge in [0.25, 0.3) is 11.1 Å². The fourth-order valence-electron chi connectivity index (χ4n) is 4.06. The highest BCUT2D eigenvalue weighted by Gasteiger charge is 2.22. The lowest BCUT2D eigenvalue weighted by atomic mass is 10.2. The highest BCUT2D eigenvalue weighted by Crippen LogP contribution is 2.36. The molecule has 0 radical (unpaired) electrons. The van der Waals surface area contributed by atoms with Crippen molar-refractivity contribution in [1.29, 1.82) is 0 Å². The fraction of sp³-hybridized carbons (Fsp3) is 0.231. The molecule has 35 heavy (non-hydrogen) atoms. The van der Waals surface area contributed by atoms with Gasteiger partial charge in [-0.25, -0.2) is 9.97 Å². The van der Waals surface area contributed by atoms with Crippen molar-refractivity contribution in [3.05, 3.63) is 85.0 Å². The van der Waals surface area contributed by atoms with Crippen molar-refractivity contribution in [2.75, 3.05) is 7.11 Å². The molecule has 0 bridgehead atoms. The van der Waals surface area contributed by atoms with Crippen LogP contribution in [0.5, 0.6) is 5.75 Å². The molecule has 0 amide bonds.